The van der Waals surface area contributed by atoms with Crippen LogP contribution in [0.1, 0.15) is 31.9 Å². The van der Waals surface area contributed by atoms with Gasteiger partial charge in [-0.25, -0.2) is 4.79 Å². The van der Waals surface area contributed by atoms with E-state index in [4.69, 9.17) is 16.3 Å². The molecule has 0 saturated carbocycles. The first kappa shape index (κ1) is 23.2. The summed E-state index contributed by atoms with van der Waals surface area (Å²) in [6, 6.07) is 17.0. The molecular formula is C23H31ClN2O3. The van der Waals surface area contributed by atoms with Crippen LogP contribution in [0.3, 0.4) is 0 Å². The Morgan fingerprint density at radius 2 is 1.79 bits per heavy atom. The van der Waals surface area contributed by atoms with Crippen molar-refractivity contribution < 1.29 is 14.6 Å². The lowest BCUT2D eigenvalue weighted by molar-refractivity contribution is 0.0423. The monoisotopic (exact) mass is 418 g/mol. The minimum absolute atomic E-state index is 0.355. The van der Waals surface area contributed by atoms with Crippen LogP contribution in [0.4, 0.5) is 4.79 Å². The zero-order valence-corrected chi connectivity index (χ0v) is 18.1. The molecule has 2 rings (SSSR count). The van der Waals surface area contributed by atoms with Crippen molar-refractivity contribution in [2.45, 2.75) is 51.4 Å². The quantitative estimate of drug-likeness (QED) is 0.539. The first-order chi connectivity index (χ1) is 13.7. The van der Waals surface area contributed by atoms with E-state index >= 15 is 0 Å². The van der Waals surface area contributed by atoms with E-state index in [2.05, 4.69) is 10.6 Å². The highest BCUT2D eigenvalue weighted by Crippen LogP contribution is 2.12. The minimum atomic E-state index is -0.762. The van der Waals surface area contributed by atoms with Gasteiger partial charge in [0.1, 0.15) is 5.60 Å². The van der Waals surface area contributed by atoms with Crippen molar-refractivity contribution in [1.29, 1.82) is 0 Å². The van der Waals surface area contributed by atoms with Crippen LogP contribution in [0.2, 0.25) is 5.02 Å². The highest BCUT2D eigenvalue weighted by Gasteiger charge is 2.24. The maximum absolute atomic E-state index is 12.2. The van der Waals surface area contributed by atoms with Crippen molar-refractivity contribution in [3.63, 3.8) is 0 Å². The molecule has 0 spiro atoms. The van der Waals surface area contributed by atoms with E-state index in [-0.39, 0.29) is 0 Å². The van der Waals surface area contributed by atoms with Crippen LogP contribution in [0.15, 0.2) is 54.6 Å². The summed E-state index contributed by atoms with van der Waals surface area (Å²) in [6.45, 7) is 6.49. The van der Waals surface area contributed by atoms with E-state index in [1.807, 2.05) is 75.4 Å². The summed E-state index contributed by atoms with van der Waals surface area (Å²) in [7, 11) is 0. The third-order valence-corrected chi connectivity index (χ3v) is 4.53. The second-order valence-electron chi connectivity index (χ2n) is 8.09. The van der Waals surface area contributed by atoms with Gasteiger partial charge in [-0.05, 0) is 63.4 Å². The zero-order chi connectivity index (χ0) is 21.3. The molecule has 0 unspecified atom stereocenters. The predicted octanol–water partition coefficient (Wildman–Crippen LogP) is 3.97. The SMILES string of the molecule is CC(C)(C)OC(=O)N[C@@H](Cc1ccccc1)[C@H](O)CNCCc1cccc(Cl)c1. The number of aliphatic hydroxyl groups excluding tert-OH is 1. The Morgan fingerprint density at radius 3 is 2.45 bits per heavy atom. The Bertz CT molecular complexity index is 762. The largest absolute Gasteiger partial charge is 0.444 e. The molecule has 0 bridgehead atoms. The molecule has 3 N–H and O–H groups in total. The van der Waals surface area contributed by atoms with Crippen molar-refractivity contribution >= 4 is 17.7 Å². The number of ether oxygens (including phenoxy) is 1. The number of carbonyl (C=O) groups excluding carboxylic acids is 1. The molecule has 29 heavy (non-hydrogen) atoms. The number of alkyl carbamates (subject to hydrolysis) is 1. The van der Waals surface area contributed by atoms with Crippen LogP contribution in [0.25, 0.3) is 0 Å². The number of hydrogen-bond donors (Lipinski definition) is 3. The van der Waals surface area contributed by atoms with Crippen LogP contribution in [-0.2, 0) is 17.6 Å². The maximum atomic E-state index is 12.2. The van der Waals surface area contributed by atoms with Gasteiger partial charge in [-0.1, -0.05) is 54.1 Å². The lowest BCUT2D eigenvalue weighted by Crippen LogP contribution is -2.50. The molecule has 0 aliphatic carbocycles. The van der Waals surface area contributed by atoms with E-state index in [0.717, 1.165) is 17.5 Å². The average molecular weight is 419 g/mol. The Balaban J connectivity index is 1.90. The standard InChI is InChI=1S/C23H31ClN2O3/c1-23(2,3)29-22(28)26-20(15-17-8-5-4-6-9-17)21(27)16-25-13-12-18-10-7-11-19(24)14-18/h4-11,14,20-21,25,27H,12-13,15-16H2,1-3H3,(H,26,28)/t20-,21+/m0/s1. The van der Waals surface area contributed by atoms with Crippen LogP contribution in [-0.4, -0.2) is 42.0 Å². The van der Waals surface area contributed by atoms with Gasteiger partial charge in [0.2, 0.25) is 0 Å². The molecule has 0 radical (unpaired) electrons. The fourth-order valence-corrected chi connectivity index (χ4v) is 3.14. The molecule has 6 heteroatoms. The predicted molar refractivity (Wildman–Crippen MR) is 117 cm³/mol. The lowest BCUT2D eigenvalue weighted by atomic mass is 10.0. The van der Waals surface area contributed by atoms with Gasteiger partial charge in [-0.15, -0.1) is 0 Å². The van der Waals surface area contributed by atoms with Crippen molar-refractivity contribution in [3.8, 4) is 0 Å². The number of rotatable bonds is 9. The first-order valence-corrected chi connectivity index (χ1v) is 10.3. The Hall–Kier alpha value is -2.08. The van der Waals surface area contributed by atoms with E-state index in [9.17, 15) is 9.90 Å². The summed E-state index contributed by atoms with van der Waals surface area (Å²) < 4.78 is 5.36. The Morgan fingerprint density at radius 1 is 1.10 bits per heavy atom. The summed E-state index contributed by atoms with van der Waals surface area (Å²) in [4.78, 5) is 12.2. The van der Waals surface area contributed by atoms with Gasteiger partial charge in [0.25, 0.3) is 0 Å². The molecule has 0 saturated heterocycles. The molecule has 0 heterocycles. The fraction of sp³-hybridized carbons (Fsp3) is 0.435. The van der Waals surface area contributed by atoms with Crippen LogP contribution in [0, 0.1) is 0 Å². The number of hydrogen-bond acceptors (Lipinski definition) is 4. The van der Waals surface area contributed by atoms with Gasteiger partial charge < -0.3 is 20.5 Å². The number of amides is 1. The Kier molecular flexibility index (Phi) is 8.96. The number of benzene rings is 2. The molecule has 158 valence electrons. The molecular weight excluding hydrogens is 388 g/mol. The van der Waals surface area contributed by atoms with Crippen molar-refractivity contribution in [2.24, 2.45) is 0 Å². The van der Waals surface area contributed by atoms with Gasteiger partial charge in [-0.3, -0.25) is 0 Å². The van der Waals surface area contributed by atoms with Crippen LogP contribution < -0.4 is 10.6 Å². The van der Waals surface area contributed by atoms with Gasteiger partial charge in [0, 0.05) is 11.6 Å². The van der Waals surface area contributed by atoms with E-state index in [1.54, 1.807) is 0 Å². The molecule has 5 nitrogen and oxygen atoms in total. The third kappa shape index (κ3) is 9.31. The molecule has 2 atom stereocenters. The molecule has 1 amide bonds. The highest BCUT2D eigenvalue weighted by atomic mass is 35.5. The van der Waals surface area contributed by atoms with Gasteiger partial charge in [0.15, 0.2) is 0 Å². The zero-order valence-electron chi connectivity index (χ0n) is 17.3. The van der Waals surface area contributed by atoms with Crippen LogP contribution in [0.5, 0.6) is 0 Å². The molecule has 0 aliphatic heterocycles. The summed E-state index contributed by atoms with van der Waals surface area (Å²) in [5.41, 5.74) is 1.57. The summed E-state index contributed by atoms with van der Waals surface area (Å²) >= 11 is 6.01. The van der Waals surface area contributed by atoms with E-state index in [0.29, 0.717) is 24.5 Å². The summed E-state index contributed by atoms with van der Waals surface area (Å²) in [5, 5.41) is 17.5. The second kappa shape index (κ2) is 11.2. The third-order valence-electron chi connectivity index (χ3n) is 4.30. The van der Waals surface area contributed by atoms with Crippen molar-refractivity contribution in [3.05, 3.63) is 70.7 Å². The molecule has 0 aliphatic rings. The normalized spacial score (nSPS) is 13.6. The summed E-state index contributed by atoms with van der Waals surface area (Å²) in [6.07, 6.45) is 0.0198. The van der Waals surface area contributed by atoms with Gasteiger partial charge >= 0.3 is 6.09 Å². The number of carbonyl (C=O) groups is 1. The van der Waals surface area contributed by atoms with Gasteiger partial charge in [-0.2, -0.15) is 0 Å². The molecule has 0 aromatic heterocycles. The van der Waals surface area contributed by atoms with Crippen LogP contribution >= 0.6 is 11.6 Å². The smallest absolute Gasteiger partial charge is 0.407 e. The van der Waals surface area contributed by atoms with Crippen molar-refractivity contribution in [1.82, 2.24) is 10.6 Å². The highest BCUT2D eigenvalue weighted by molar-refractivity contribution is 6.30. The Labute approximate surface area is 178 Å². The number of aliphatic hydroxyl groups is 1. The summed E-state index contributed by atoms with van der Waals surface area (Å²) in [5.74, 6) is 0. The van der Waals surface area contributed by atoms with Gasteiger partial charge in [0.05, 0.1) is 12.1 Å². The second-order valence-corrected chi connectivity index (χ2v) is 8.53. The van der Waals surface area contributed by atoms with E-state index in [1.165, 1.54) is 0 Å². The van der Waals surface area contributed by atoms with E-state index < -0.39 is 23.8 Å². The maximum Gasteiger partial charge on any atom is 0.407 e. The lowest BCUT2D eigenvalue weighted by Gasteiger charge is -2.27. The average Bonchev–Trinajstić information content (AvgIpc) is 2.64. The first-order valence-electron chi connectivity index (χ1n) is 9.89. The van der Waals surface area contributed by atoms with Crippen molar-refractivity contribution in [2.75, 3.05) is 13.1 Å². The molecule has 0 fully saturated rings. The fourth-order valence-electron chi connectivity index (χ4n) is 2.93. The molecule has 2 aromatic rings. The number of halogens is 1. The number of nitrogens with one attached hydrogen (secondary N) is 2. The molecule has 2 aromatic carbocycles. The minimum Gasteiger partial charge on any atom is -0.444 e. The topological polar surface area (TPSA) is 70.6 Å².